The number of ether oxygens (including phenoxy) is 1. The second kappa shape index (κ2) is 8.09. The minimum Gasteiger partial charge on any atom is -0.383 e. The van der Waals surface area contributed by atoms with Gasteiger partial charge >= 0.3 is 0 Å². The summed E-state index contributed by atoms with van der Waals surface area (Å²) in [5, 5.41) is 5.81. The van der Waals surface area contributed by atoms with E-state index in [1.54, 1.807) is 19.4 Å². The summed E-state index contributed by atoms with van der Waals surface area (Å²) in [6.45, 7) is 3.02. The number of amides is 1. The first-order valence-electron chi connectivity index (χ1n) is 7.19. The highest BCUT2D eigenvalue weighted by Gasteiger charge is 2.08. The van der Waals surface area contributed by atoms with Crippen LogP contribution in [-0.4, -0.2) is 36.1 Å². The van der Waals surface area contributed by atoms with Crippen LogP contribution in [0, 0.1) is 0 Å². The van der Waals surface area contributed by atoms with Gasteiger partial charge in [-0.15, -0.1) is 0 Å². The number of hydrogen-bond acceptors (Lipinski definition) is 5. The fraction of sp³-hybridized carbons (Fsp3) is 0.312. The number of nitrogens with zero attached hydrogens (tertiary/aromatic N) is 2. The van der Waals surface area contributed by atoms with E-state index >= 15 is 0 Å². The minimum atomic E-state index is -0.246. The number of aromatic nitrogens is 2. The van der Waals surface area contributed by atoms with Crippen molar-refractivity contribution < 1.29 is 9.53 Å². The Morgan fingerprint density at radius 3 is 2.68 bits per heavy atom. The van der Waals surface area contributed by atoms with Crippen molar-refractivity contribution in [2.45, 2.75) is 13.3 Å². The fourth-order valence-electron chi connectivity index (χ4n) is 1.86. The first-order chi connectivity index (χ1) is 10.7. The van der Waals surface area contributed by atoms with Crippen LogP contribution in [0.2, 0.25) is 0 Å². The Hall–Kier alpha value is -2.47. The van der Waals surface area contributed by atoms with Gasteiger partial charge in [-0.3, -0.25) is 4.79 Å². The lowest BCUT2D eigenvalue weighted by molar-refractivity contribution is 0.0932. The fourth-order valence-corrected chi connectivity index (χ4v) is 1.86. The Labute approximate surface area is 129 Å². The summed E-state index contributed by atoms with van der Waals surface area (Å²) < 4.78 is 4.89. The van der Waals surface area contributed by atoms with Crippen LogP contribution in [0.5, 0.6) is 0 Å². The van der Waals surface area contributed by atoms with Crippen molar-refractivity contribution in [3.63, 3.8) is 0 Å². The second-order valence-electron chi connectivity index (χ2n) is 4.69. The molecule has 1 heterocycles. The van der Waals surface area contributed by atoms with E-state index in [4.69, 9.17) is 4.74 Å². The van der Waals surface area contributed by atoms with E-state index in [0.717, 1.165) is 12.1 Å². The summed E-state index contributed by atoms with van der Waals surface area (Å²) in [4.78, 5) is 20.3. The number of hydrogen-bond donors (Lipinski definition) is 2. The third-order valence-electron chi connectivity index (χ3n) is 3.10. The third-order valence-corrected chi connectivity index (χ3v) is 3.10. The van der Waals surface area contributed by atoms with E-state index in [-0.39, 0.29) is 5.91 Å². The number of nitrogens with one attached hydrogen (secondary N) is 2. The van der Waals surface area contributed by atoms with E-state index in [2.05, 4.69) is 27.5 Å². The molecule has 2 aromatic rings. The summed E-state index contributed by atoms with van der Waals surface area (Å²) in [5.41, 5.74) is 2.46. The predicted molar refractivity (Wildman–Crippen MR) is 85.3 cm³/mol. The molecule has 0 spiro atoms. The molecule has 0 radical (unpaired) electrons. The molecular weight excluding hydrogens is 280 g/mol. The van der Waals surface area contributed by atoms with Crippen LogP contribution in [0.25, 0.3) is 0 Å². The molecule has 0 saturated heterocycles. The van der Waals surface area contributed by atoms with Crippen molar-refractivity contribution in [3.8, 4) is 0 Å². The average Bonchev–Trinajstić information content (AvgIpc) is 2.56. The van der Waals surface area contributed by atoms with Crippen molar-refractivity contribution in [3.05, 3.63) is 47.8 Å². The van der Waals surface area contributed by atoms with Gasteiger partial charge in [0.2, 0.25) is 5.95 Å². The lowest BCUT2D eigenvalue weighted by Crippen LogP contribution is -2.27. The van der Waals surface area contributed by atoms with E-state index in [9.17, 15) is 4.79 Å². The van der Waals surface area contributed by atoms with Crippen molar-refractivity contribution in [1.29, 1.82) is 0 Å². The molecule has 0 aliphatic carbocycles. The molecule has 6 heteroatoms. The van der Waals surface area contributed by atoms with E-state index < -0.39 is 0 Å². The Morgan fingerprint density at radius 1 is 1.23 bits per heavy atom. The van der Waals surface area contributed by atoms with Crippen molar-refractivity contribution >= 4 is 17.5 Å². The number of anilines is 2. The Morgan fingerprint density at radius 2 is 2.00 bits per heavy atom. The van der Waals surface area contributed by atoms with Gasteiger partial charge in [0.1, 0.15) is 5.69 Å². The van der Waals surface area contributed by atoms with Gasteiger partial charge < -0.3 is 15.4 Å². The molecule has 6 nitrogen and oxygen atoms in total. The lowest BCUT2D eigenvalue weighted by atomic mass is 10.1. The maximum atomic E-state index is 11.9. The number of rotatable bonds is 7. The predicted octanol–water partition coefficient (Wildman–Crippen LogP) is 2.16. The van der Waals surface area contributed by atoms with Gasteiger partial charge in [-0.1, -0.05) is 19.1 Å². The number of benzene rings is 1. The Balaban J connectivity index is 2.02. The molecule has 0 aliphatic rings. The zero-order chi connectivity index (χ0) is 15.8. The standard InChI is InChI=1S/C16H20N4O2/c1-3-12-4-6-13(7-5-12)19-16-18-9-8-14(20-16)15(21)17-10-11-22-2/h4-9H,3,10-11H2,1-2H3,(H,17,21)(H,18,19,20). The van der Waals surface area contributed by atoms with Crippen LogP contribution in [-0.2, 0) is 11.2 Å². The van der Waals surface area contributed by atoms with Gasteiger partial charge in [-0.2, -0.15) is 0 Å². The normalized spacial score (nSPS) is 10.3. The van der Waals surface area contributed by atoms with Crippen LogP contribution in [0.3, 0.4) is 0 Å². The van der Waals surface area contributed by atoms with Gasteiger partial charge in [-0.05, 0) is 30.2 Å². The highest BCUT2D eigenvalue weighted by molar-refractivity contribution is 5.92. The molecule has 22 heavy (non-hydrogen) atoms. The molecule has 1 aromatic heterocycles. The monoisotopic (exact) mass is 300 g/mol. The maximum absolute atomic E-state index is 11.9. The summed E-state index contributed by atoms with van der Waals surface area (Å²) in [7, 11) is 1.59. The van der Waals surface area contributed by atoms with Crippen molar-refractivity contribution in [2.24, 2.45) is 0 Å². The third kappa shape index (κ3) is 4.53. The molecular formula is C16H20N4O2. The molecule has 1 amide bonds. The molecule has 0 bridgehead atoms. The van der Waals surface area contributed by atoms with Gasteiger partial charge in [0.15, 0.2) is 0 Å². The summed E-state index contributed by atoms with van der Waals surface area (Å²) in [6.07, 6.45) is 2.55. The van der Waals surface area contributed by atoms with E-state index in [1.807, 2.05) is 24.3 Å². The molecule has 2 rings (SSSR count). The van der Waals surface area contributed by atoms with Crippen LogP contribution >= 0.6 is 0 Å². The quantitative estimate of drug-likeness (QED) is 0.766. The molecule has 0 atom stereocenters. The number of methoxy groups -OCH3 is 1. The largest absolute Gasteiger partial charge is 0.383 e. The number of carbonyl (C=O) groups excluding carboxylic acids is 1. The smallest absolute Gasteiger partial charge is 0.270 e. The summed E-state index contributed by atoms with van der Waals surface area (Å²) in [5.74, 6) is 0.146. The SMILES string of the molecule is CCc1ccc(Nc2nccc(C(=O)NCCOC)n2)cc1. The number of carbonyl (C=O) groups is 1. The second-order valence-corrected chi connectivity index (χ2v) is 4.69. The van der Waals surface area contributed by atoms with Gasteiger partial charge in [0, 0.05) is 25.5 Å². The van der Waals surface area contributed by atoms with E-state index in [0.29, 0.717) is 24.8 Å². The topological polar surface area (TPSA) is 76.1 Å². The molecule has 0 aliphatic heterocycles. The average molecular weight is 300 g/mol. The zero-order valence-corrected chi connectivity index (χ0v) is 12.8. The molecule has 0 unspecified atom stereocenters. The maximum Gasteiger partial charge on any atom is 0.270 e. The van der Waals surface area contributed by atoms with Crippen LogP contribution in [0.4, 0.5) is 11.6 Å². The molecule has 2 N–H and O–H groups in total. The molecule has 116 valence electrons. The first-order valence-corrected chi connectivity index (χ1v) is 7.19. The van der Waals surface area contributed by atoms with Crippen LogP contribution < -0.4 is 10.6 Å². The highest BCUT2D eigenvalue weighted by Crippen LogP contribution is 2.14. The Kier molecular flexibility index (Phi) is 5.85. The van der Waals surface area contributed by atoms with Crippen molar-refractivity contribution in [1.82, 2.24) is 15.3 Å². The summed E-state index contributed by atoms with van der Waals surface area (Å²) >= 11 is 0. The zero-order valence-electron chi connectivity index (χ0n) is 12.8. The highest BCUT2D eigenvalue weighted by atomic mass is 16.5. The Bertz CT molecular complexity index is 614. The number of aryl methyl sites for hydroxylation is 1. The van der Waals surface area contributed by atoms with Gasteiger partial charge in [0.05, 0.1) is 6.61 Å². The van der Waals surface area contributed by atoms with Crippen LogP contribution in [0.1, 0.15) is 23.0 Å². The first kappa shape index (κ1) is 15.9. The van der Waals surface area contributed by atoms with Gasteiger partial charge in [0.25, 0.3) is 5.91 Å². The molecule has 0 saturated carbocycles. The molecule has 1 aromatic carbocycles. The molecule has 0 fully saturated rings. The van der Waals surface area contributed by atoms with Gasteiger partial charge in [-0.25, -0.2) is 9.97 Å². The van der Waals surface area contributed by atoms with Crippen LogP contribution in [0.15, 0.2) is 36.5 Å². The summed E-state index contributed by atoms with van der Waals surface area (Å²) in [6, 6.07) is 9.60. The van der Waals surface area contributed by atoms with E-state index in [1.165, 1.54) is 5.56 Å². The lowest BCUT2D eigenvalue weighted by Gasteiger charge is -2.07. The minimum absolute atomic E-state index is 0.246. The van der Waals surface area contributed by atoms with Crippen molar-refractivity contribution in [2.75, 3.05) is 25.6 Å².